The van der Waals surface area contributed by atoms with Crippen molar-refractivity contribution in [3.8, 4) is 12.1 Å². The van der Waals surface area contributed by atoms with Gasteiger partial charge in [-0.25, -0.2) is 0 Å². The summed E-state index contributed by atoms with van der Waals surface area (Å²) in [6.07, 6.45) is 19.6. The lowest BCUT2D eigenvalue weighted by Gasteiger charge is -2.22. The van der Waals surface area contributed by atoms with Crippen molar-refractivity contribution in [3.05, 3.63) is 12.2 Å². The second kappa shape index (κ2) is 26.3. The van der Waals surface area contributed by atoms with Crippen molar-refractivity contribution in [1.82, 2.24) is 0 Å². The molecule has 0 aromatic heterocycles. The average Bonchev–Trinajstić information content (AvgIpc) is 2.89. The third kappa shape index (κ3) is 24.8. The predicted octanol–water partition coefficient (Wildman–Crippen LogP) is 7.03. The Balaban J connectivity index is 3.79. The van der Waals surface area contributed by atoms with Gasteiger partial charge in [0.1, 0.15) is 12.7 Å². The van der Waals surface area contributed by atoms with Gasteiger partial charge in [-0.15, -0.1) is 0 Å². The minimum atomic E-state index is -3.20. The molecule has 1 N–H and O–H groups in total. The molecule has 0 bridgehead atoms. The van der Waals surface area contributed by atoms with Gasteiger partial charge in [-0.3, -0.25) is 4.79 Å². The zero-order valence-electron chi connectivity index (χ0n) is 22.6. The second-order valence-electron chi connectivity index (χ2n) is 8.90. The summed E-state index contributed by atoms with van der Waals surface area (Å²) in [5, 5.41) is 27.3. The predicted molar refractivity (Wildman–Crippen MR) is 149 cm³/mol. The van der Waals surface area contributed by atoms with E-state index in [0.717, 1.165) is 32.1 Å². The van der Waals surface area contributed by atoms with E-state index < -0.39 is 12.8 Å². The van der Waals surface area contributed by atoms with Gasteiger partial charge in [0, 0.05) is 6.42 Å². The number of ether oxygens (including phenoxy) is 1. The molecular weight excluding hydrogens is 511 g/mol. The standard InChI is InChI=1S/C27H47N2O6PS/c1-2-3-4-5-6-7-8-9-10-11-12-13-14-15-16-19-27(31)32-24-26(30)25-35-36(37,33-22-17-20-28)34-23-18-21-29/h9-10,26,30H,2-8,11-19,22-25H2,1H3/b10-9+/t26-/m1/s1. The number of carbonyl (C=O) groups excluding carboxylic acids is 1. The van der Waals surface area contributed by atoms with Gasteiger partial charge in [-0.2, -0.15) is 10.5 Å². The molecule has 0 heterocycles. The molecule has 0 saturated heterocycles. The number of aliphatic hydroxyl groups excluding tert-OH is 1. The summed E-state index contributed by atoms with van der Waals surface area (Å²) in [7, 11) is 0. The third-order valence-electron chi connectivity index (χ3n) is 5.43. The first kappa shape index (κ1) is 35.7. The van der Waals surface area contributed by atoms with Crippen LogP contribution >= 0.6 is 6.72 Å². The molecule has 0 fully saturated rings. The van der Waals surface area contributed by atoms with Gasteiger partial charge in [0.2, 0.25) is 0 Å². The smallest absolute Gasteiger partial charge is 0.327 e. The molecule has 0 aliphatic heterocycles. The largest absolute Gasteiger partial charge is 0.463 e. The van der Waals surface area contributed by atoms with Crippen LogP contribution in [0.1, 0.15) is 110 Å². The van der Waals surface area contributed by atoms with Crippen LogP contribution in [0.5, 0.6) is 0 Å². The lowest BCUT2D eigenvalue weighted by molar-refractivity contribution is -0.147. The first-order valence-electron chi connectivity index (χ1n) is 13.7. The Morgan fingerprint density at radius 2 is 1.35 bits per heavy atom. The lowest BCUT2D eigenvalue weighted by atomic mass is 10.1. The van der Waals surface area contributed by atoms with E-state index in [-0.39, 0.29) is 45.2 Å². The van der Waals surface area contributed by atoms with Crippen LogP contribution in [0.15, 0.2) is 12.2 Å². The van der Waals surface area contributed by atoms with Gasteiger partial charge < -0.3 is 23.4 Å². The SMILES string of the molecule is CCCCCCCC/C=C/CCCCCCCC(=O)OC[C@@H](O)COP(=S)(OCCC#N)OCCC#N. The summed E-state index contributed by atoms with van der Waals surface area (Å²) in [6.45, 7) is -1.35. The van der Waals surface area contributed by atoms with E-state index in [9.17, 15) is 9.90 Å². The van der Waals surface area contributed by atoms with Crippen LogP contribution in [-0.4, -0.2) is 43.6 Å². The fourth-order valence-electron chi connectivity index (χ4n) is 3.34. The number of aliphatic hydroxyl groups is 1. The number of nitriles is 2. The minimum absolute atomic E-state index is 0.0291. The van der Waals surface area contributed by atoms with Crippen molar-refractivity contribution < 1.29 is 28.2 Å². The summed E-state index contributed by atoms with van der Waals surface area (Å²) in [5.74, 6) is -0.355. The fraction of sp³-hybridized carbons (Fsp3) is 0.815. The van der Waals surface area contributed by atoms with Crippen LogP contribution in [0.4, 0.5) is 0 Å². The van der Waals surface area contributed by atoms with Gasteiger partial charge in [0.25, 0.3) is 0 Å². The number of unbranched alkanes of at least 4 members (excludes halogenated alkanes) is 11. The number of esters is 1. The molecule has 0 unspecified atom stereocenters. The van der Waals surface area contributed by atoms with Gasteiger partial charge >= 0.3 is 12.7 Å². The molecule has 0 radical (unpaired) electrons. The topological polar surface area (TPSA) is 122 Å². The van der Waals surface area contributed by atoms with Crippen molar-refractivity contribution in [2.24, 2.45) is 0 Å². The molecule has 10 heteroatoms. The van der Waals surface area contributed by atoms with Crippen LogP contribution in [0.3, 0.4) is 0 Å². The molecule has 0 aliphatic carbocycles. The Morgan fingerprint density at radius 3 is 1.89 bits per heavy atom. The highest BCUT2D eigenvalue weighted by molar-refractivity contribution is 8.07. The highest BCUT2D eigenvalue weighted by atomic mass is 32.5. The highest BCUT2D eigenvalue weighted by Gasteiger charge is 2.23. The van der Waals surface area contributed by atoms with E-state index in [0.29, 0.717) is 6.42 Å². The number of carbonyl (C=O) groups is 1. The molecule has 212 valence electrons. The molecule has 8 nitrogen and oxygen atoms in total. The molecule has 0 amide bonds. The van der Waals surface area contributed by atoms with E-state index in [1.807, 2.05) is 12.1 Å². The van der Waals surface area contributed by atoms with Gasteiger partial charge in [0.15, 0.2) is 0 Å². The van der Waals surface area contributed by atoms with E-state index in [2.05, 4.69) is 19.1 Å². The zero-order chi connectivity index (χ0) is 27.5. The zero-order valence-corrected chi connectivity index (χ0v) is 24.3. The minimum Gasteiger partial charge on any atom is -0.463 e. The molecule has 1 atom stereocenters. The van der Waals surface area contributed by atoms with E-state index >= 15 is 0 Å². The maximum atomic E-state index is 11.9. The van der Waals surface area contributed by atoms with Crippen LogP contribution in [0, 0.1) is 22.7 Å². The van der Waals surface area contributed by atoms with E-state index in [1.165, 1.54) is 51.4 Å². The monoisotopic (exact) mass is 558 g/mol. The molecule has 37 heavy (non-hydrogen) atoms. The molecule has 0 aliphatic rings. The van der Waals surface area contributed by atoms with Crippen molar-refractivity contribution in [2.75, 3.05) is 26.4 Å². The Labute approximate surface area is 229 Å². The highest BCUT2D eigenvalue weighted by Crippen LogP contribution is 2.50. The Bertz CT molecular complexity index is 699. The lowest BCUT2D eigenvalue weighted by Crippen LogP contribution is -2.23. The van der Waals surface area contributed by atoms with E-state index in [4.69, 9.17) is 40.6 Å². The van der Waals surface area contributed by atoms with Crippen molar-refractivity contribution in [2.45, 2.75) is 116 Å². The third-order valence-corrected chi connectivity index (χ3v) is 7.84. The molecule has 0 aromatic rings. The van der Waals surface area contributed by atoms with Crippen LogP contribution in [-0.2, 0) is 34.9 Å². The number of rotatable bonds is 26. The van der Waals surface area contributed by atoms with Gasteiger partial charge in [0.05, 0.1) is 44.8 Å². The van der Waals surface area contributed by atoms with Gasteiger partial charge in [-0.1, -0.05) is 70.4 Å². The molecular formula is C27H47N2O6PS. The quantitative estimate of drug-likeness (QED) is 0.0516. The number of allylic oxidation sites excluding steroid dienone is 2. The van der Waals surface area contributed by atoms with Crippen molar-refractivity contribution in [1.29, 1.82) is 10.5 Å². The Kier molecular flexibility index (Phi) is 25.4. The van der Waals surface area contributed by atoms with E-state index in [1.54, 1.807) is 0 Å². The summed E-state index contributed by atoms with van der Waals surface area (Å²) in [6, 6.07) is 3.85. The average molecular weight is 559 g/mol. The molecule has 0 aromatic carbocycles. The first-order chi connectivity index (χ1) is 18.0. The summed E-state index contributed by atoms with van der Waals surface area (Å²) < 4.78 is 21.3. The van der Waals surface area contributed by atoms with Crippen LogP contribution in [0.25, 0.3) is 0 Å². The molecule has 0 saturated carbocycles. The van der Waals surface area contributed by atoms with Crippen LogP contribution < -0.4 is 0 Å². The molecule has 0 rings (SSSR count). The summed E-state index contributed by atoms with van der Waals surface area (Å²) in [5.41, 5.74) is 0. The summed E-state index contributed by atoms with van der Waals surface area (Å²) in [4.78, 5) is 11.9. The number of hydrogen-bond acceptors (Lipinski definition) is 9. The van der Waals surface area contributed by atoms with Crippen LogP contribution in [0.2, 0.25) is 0 Å². The number of nitrogens with zero attached hydrogens (tertiary/aromatic N) is 2. The maximum Gasteiger partial charge on any atom is 0.327 e. The first-order valence-corrected chi connectivity index (χ1v) is 16.3. The fourth-order valence-corrected chi connectivity index (χ4v) is 5.18. The Hall–Kier alpha value is -1.32. The van der Waals surface area contributed by atoms with Crippen molar-refractivity contribution in [3.63, 3.8) is 0 Å². The normalized spacial score (nSPS) is 12.3. The second-order valence-corrected chi connectivity index (χ2v) is 11.9. The summed E-state index contributed by atoms with van der Waals surface area (Å²) >= 11 is 5.23. The molecule has 0 spiro atoms. The van der Waals surface area contributed by atoms with Crippen molar-refractivity contribution >= 4 is 24.5 Å². The van der Waals surface area contributed by atoms with Gasteiger partial charge in [-0.05, 0) is 43.9 Å². The maximum absolute atomic E-state index is 11.9. The number of hydrogen-bond donors (Lipinski definition) is 1. The Morgan fingerprint density at radius 1 is 0.838 bits per heavy atom.